The van der Waals surface area contributed by atoms with Crippen molar-refractivity contribution in [2.45, 2.75) is 12.2 Å². The van der Waals surface area contributed by atoms with Crippen LogP contribution in [0.2, 0.25) is 10.0 Å². The average Bonchev–Trinajstić information content (AvgIpc) is 2.30. The van der Waals surface area contributed by atoms with Gasteiger partial charge in [0.1, 0.15) is 0 Å². The second-order valence-corrected chi connectivity index (χ2v) is 5.85. The Bertz CT molecular complexity index is 420. The lowest BCUT2D eigenvalue weighted by Gasteiger charge is -2.14. The molecule has 0 bridgehead atoms. The standard InChI is InChI=1S/C11H14Cl2N2O2S/c1-6(18-3-2-16)11(17)15-10-8(12)4-7(14)5-9(10)13/h4-6,16H,2-3,14H2,1H3,(H,15,17). The number of nitrogens with two attached hydrogens (primary N) is 1. The van der Waals surface area contributed by atoms with Crippen LogP contribution in [0.4, 0.5) is 11.4 Å². The van der Waals surface area contributed by atoms with Gasteiger partial charge in [-0.25, -0.2) is 0 Å². The lowest BCUT2D eigenvalue weighted by molar-refractivity contribution is -0.115. The molecule has 1 aromatic carbocycles. The first-order valence-electron chi connectivity index (χ1n) is 5.23. The zero-order valence-corrected chi connectivity index (χ0v) is 12.1. The fourth-order valence-electron chi connectivity index (χ4n) is 1.24. The van der Waals surface area contributed by atoms with Crippen LogP contribution in [0, 0.1) is 0 Å². The molecule has 0 aliphatic rings. The Morgan fingerprint density at radius 2 is 2.06 bits per heavy atom. The summed E-state index contributed by atoms with van der Waals surface area (Å²) >= 11 is 13.3. The van der Waals surface area contributed by atoms with Gasteiger partial charge in [-0.1, -0.05) is 23.2 Å². The summed E-state index contributed by atoms with van der Waals surface area (Å²) in [6.45, 7) is 1.78. The van der Waals surface area contributed by atoms with E-state index in [0.717, 1.165) is 0 Å². The number of nitrogen functional groups attached to an aromatic ring is 1. The Morgan fingerprint density at radius 3 is 2.56 bits per heavy atom. The highest BCUT2D eigenvalue weighted by Crippen LogP contribution is 2.33. The summed E-state index contributed by atoms with van der Waals surface area (Å²) in [4.78, 5) is 11.8. The number of aliphatic hydroxyl groups excluding tert-OH is 1. The van der Waals surface area contributed by atoms with Crippen molar-refractivity contribution < 1.29 is 9.90 Å². The summed E-state index contributed by atoms with van der Waals surface area (Å²) in [6, 6.07) is 3.04. The molecule has 0 spiro atoms. The molecule has 1 aromatic rings. The van der Waals surface area contributed by atoms with Gasteiger partial charge in [0, 0.05) is 11.4 Å². The van der Waals surface area contributed by atoms with Gasteiger partial charge in [0.05, 0.1) is 27.6 Å². The second-order valence-electron chi connectivity index (χ2n) is 3.59. The molecule has 7 heteroatoms. The molecule has 0 saturated carbocycles. The molecule has 1 rings (SSSR count). The minimum atomic E-state index is -0.304. The third kappa shape index (κ3) is 4.24. The zero-order valence-electron chi connectivity index (χ0n) is 9.74. The van der Waals surface area contributed by atoms with E-state index in [9.17, 15) is 4.79 Å². The first kappa shape index (κ1) is 15.4. The number of halogens is 2. The predicted molar refractivity (Wildman–Crippen MR) is 78.5 cm³/mol. The predicted octanol–water partition coefficient (Wildman–Crippen LogP) is 2.63. The van der Waals surface area contributed by atoms with E-state index in [1.807, 2.05) is 0 Å². The quantitative estimate of drug-likeness (QED) is 0.731. The summed E-state index contributed by atoms with van der Waals surface area (Å²) in [5.41, 5.74) is 6.36. The topological polar surface area (TPSA) is 75.3 Å². The van der Waals surface area contributed by atoms with E-state index in [4.69, 9.17) is 34.0 Å². The summed E-state index contributed by atoms with van der Waals surface area (Å²) < 4.78 is 0. The molecule has 4 N–H and O–H groups in total. The smallest absolute Gasteiger partial charge is 0.237 e. The zero-order chi connectivity index (χ0) is 13.7. The fourth-order valence-corrected chi connectivity index (χ4v) is 2.51. The molecular weight excluding hydrogens is 295 g/mol. The van der Waals surface area contributed by atoms with Crippen LogP contribution in [0.25, 0.3) is 0 Å². The summed E-state index contributed by atoms with van der Waals surface area (Å²) in [6.07, 6.45) is 0. The Balaban J connectivity index is 2.76. The maximum atomic E-state index is 11.8. The van der Waals surface area contributed by atoms with E-state index in [0.29, 0.717) is 27.2 Å². The van der Waals surface area contributed by atoms with Crippen molar-refractivity contribution in [1.29, 1.82) is 0 Å². The van der Waals surface area contributed by atoms with Crippen LogP contribution in [0.1, 0.15) is 6.92 Å². The molecule has 4 nitrogen and oxygen atoms in total. The van der Waals surface area contributed by atoms with Gasteiger partial charge in [0.15, 0.2) is 0 Å². The van der Waals surface area contributed by atoms with E-state index >= 15 is 0 Å². The monoisotopic (exact) mass is 308 g/mol. The first-order chi connectivity index (χ1) is 8.45. The van der Waals surface area contributed by atoms with Gasteiger partial charge in [0.25, 0.3) is 0 Å². The van der Waals surface area contributed by atoms with Crippen LogP contribution < -0.4 is 11.1 Å². The molecular formula is C11H14Cl2N2O2S. The Hall–Kier alpha value is -0.620. The van der Waals surface area contributed by atoms with E-state index < -0.39 is 0 Å². The third-order valence-electron chi connectivity index (χ3n) is 2.14. The summed E-state index contributed by atoms with van der Waals surface area (Å²) in [5, 5.41) is 11.6. The number of benzene rings is 1. The van der Waals surface area contributed by atoms with Gasteiger partial charge in [-0.15, -0.1) is 11.8 Å². The van der Waals surface area contributed by atoms with Crippen molar-refractivity contribution >= 4 is 52.2 Å². The fraction of sp³-hybridized carbons (Fsp3) is 0.364. The molecule has 18 heavy (non-hydrogen) atoms. The third-order valence-corrected chi connectivity index (χ3v) is 3.87. The van der Waals surface area contributed by atoms with E-state index in [1.54, 1.807) is 6.92 Å². The highest BCUT2D eigenvalue weighted by atomic mass is 35.5. The number of rotatable bonds is 5. The van der Waals surface area contributed by atoms with E-state index in [-0.39, 0.29) is 17.8 Å². The number of carbonyl (C=O) groups excluding carboxylic acids is 1. The molecule has 0 radical (unpaired) electrons. The number of amides is 1. The van der Waals surface area contributed by atoms with Gasteiger partial charge >= 0.3 is 0 Å². The van der Waals surface area contributed by atoms with Crippen molar-refractivity contribution in [1.82, 2.24) is 0 Å². The summed E-state index contributed by atoms with van der Waals surface area (Å²) in [5.74, 6) is 0.277. The van der Waals surface area contributed by atoms with Gasteiger partial charge in [0.2, 0.25) is 5.91 Å². The van der Waals surface area contributed by atoms with E-state index in [2.05, 4.69) is 5.32 Å². The van der Waals surface area contributed by atoms with Crippen LogP contribution >= 0.6 is 35.0 Å². The van der Waals surface area contributed by atoms with Crippen molar-refractivity contribution in [3.05, 3.63) is 22.2 Å². The molecule has 0 fully saturated rings. The normalized spacial score (nSPS) is 12.2. The number of carbonyl (C=O) groups is 1. The summed E-state index contributed by atoms with van der Waals surface area (Å²) in [7, 11) is 0. The van der Waals surface area contributed by atoms with Crippen LogP contribution in [0.3, 0.4) is 0 Å². The highest BCUT2D eigenvalue weighted by molar-refractivity contribution is 8.00. The molecule has 100 valence electrons. The van der Waals surface area contributed by atoms with Gasteiger partial charge in [-0.3, -0.25) is 4.79 Å². The molecule has 1 atom stereocenters. The first-order valence-corrected chi connectivity index (χ1v) is 7.04. The Morgan fingerprint density at radius 1 is 1.50 bits per heavy atom. The number of nitrogens with one attached hydrogen (secondary N) is 1. The van der Waals surface area contributed by atoms with Crippen LogP contribution in [-0.4, -0.2) is 28.6 Å². The lowest BCUT2D eigenvalue weighted by Crippen LogP contribution is -2.23. The number of anilines is 2. The Kier molecular flexibility index (Phi) is 6.08. The van der Waals surface area contributed by atoms with Crippen molar-refractivity contribution in [3.63, 3.8) is 0 Å². The van der Waals surface area contributed by atoms with E-state index in [1.165, 1.54) is 23.9 Å². The molecule has 0 heterocycles. The largest absolute Gasteiger partial charge is 0.399 e. The number of hydrogen-bond donors (Lipinski definition) is 3. The number of hydrogen-bond acceptors (Lipinski definition) is 4. The van der Waals surface area contributed by atoms with Crippen molar-refractivity contribution in [3.8, 4) is 0 Å². The molecule has 0 aromatic heterocycles. The highest BCUT2D eigenvalue weighted by Gasteiger charge is 2.16. The van der Waals surface area contributed by atoms with Gasteiger partial charge in [-0.2, -0.15) is 0 Å². The maximum absolute atomic E-state index is 11.8. The average molecular weight is 309 g/mol. The second kappa shape index (κ2) is 7.09. The Labute approximate surface area is 120 Å². The van der Waals surface area contributed by atoms with Crippen LogP contribution in [0.15, 0.2) is 12.1 Å². The van der Waals surface area contributed by atoms with Crippen molar-refractivity contribution in [2.75, 3.05) is 23.4 Å². The SMILES string of the molecule is CC(SCCO)C(=O)Nc1c(Cl)cc(N)cc1Cl. The molecule has 0 aliphatic carbocycles. The van der Waals surface area contributed by atoms with Gasteiger partial charge in [-0.05, 0) is 19.1 Å². The number of thioether (sulfide) groups is 1. The molecule has 1 amide bonds. The minimum Gasteiger partial charge on any atom is -0.399 e. The maximum Gasteiger partial charge on any atom is 0.237 e. The lowest BCUT2D eigenvalue weighted by atomic mass is 10.2. The van der Waals surface area contributed by atoms with Gasteiger partial charge < -0.3 is 16.2 Å². The minimum absolute atomic E-state index is 0.0334. The molecule has 0 saturated heterocycles. The van der Waals surface area contributed by atoms with Crippen LogP contribution in [-0.2, 0) is 4.79 Å². The number of aliphatic hydroxyl groups is 1. The van der Waals surface area contributed by atoms with Crippen molar-refractivity contribution in [2.24, 2.45) is 0 Å². The molecule has 0 aliphatic heterocycles. The van der Waals surface area contributed by atoms with Crippen LogP contribution in [0.5, 0.6) is 0 Å². The molecule has 1 unspecified atom stereocenters.